The summed E-state index contributed by atoms with van der Waals surface area (Å²) in [5, 5.41) is 43.4. The Hall–Kier alpha value is -5.48. The Kier molecular flexibility index (Phi) is 54.4. The summed E-state index contributed by atoms with van der Waals surface area (Å²) in [6.45, 7) is 6.44. The van der Waals surface area contributed by atoms with Crippen LogP contribution in [0.5, 0.6) is 0 Å². The predicted octanol–water partition coefficient (Wildman–Crippen LogP) is -0.842. The van der Waals surface area contributed by atoms with Gasteiger partial charge in [0, 0.05) is 39.6 Å². The van der Waals surface area contributed by atoms with Crippen LogP contribution >= 0.6 is 0 Å². The molecule has 2 atom stereocenters. The van der Waals surface area contributed by atoms with E-state index >= 15 is 0 Å². The summed E-state index contributed by atoms with van der Waals surface area (Å²) in [6, 6.07) is 1.62. The van der Waals surface area contributed by atoms with Crippen molar-refractivity contribution in [3.8, 4) is 6.07 Å². The summed E-state index contributed by atoms with van der Waals surface area (Å²) in [5.41, 5.74) is 0. The van der Waals surface area contributed by atoms with Crippen molar-refractivity contribution in [3.63, 3.8) is 0 Å². The van der Waals surface area contributed by atoms with Gasteiger partial charge in [0.2, 0.25) is 0 Å². The molecule has 0 aliphatic carbocycles. The van der Waals surface area contributed by atoms with Crippen molar-refractivity contribution < 1.29 is 67.9 Å². The maximum Gasteiger partial charge on any atom is 0.387 e. The average Bonchev–Trinajstić information content (AvgIpc) is 2.89. The quantitative estimate of drug-likeness (QED) is 0.0973. The summed E-state index contributed by atoms with van der Waals surface area (Å²) in [4.78, 5) is 23.9. The van der Waals surface area contributed by atoms with Crippen molar-refractivity contribution in [1.29, 1.82) is 5.26 Å². The molecule has 0 aliphatic rings. The first kappa shape index (κ1) is 53.7. The van der Waals surface area contributed by atoms with Crippen molar-refractivity contribution in [2.75, 3.05) is 59.4 Å². The molecule has 16 nitrogen and oxygen atoms in total. The number of hydrogen-bond acceptors (Lipinski definition) is 15. The van der Waals surface area contributed by atoms with E-state index in [4.69, 9.17) is 32.3 Å². The van der Waals surface area contributed by atoms with Crippen molar-refractivity contribution in [2.45, 2.75) is 30.8 Å². The number of carbonyl (C=O) groups excluding carboxylic acids is 2. The van der Waals surface area contributed by atoms with E-state index in [0.717, 1.165) is 0 Å². The molecule has 0 saturated carbocycles. The van der Waals surface area contributed by atoms with Crippen LogP contribution in [0.4, 0.5) is 0 Å². The largest absolute Gasteiger partial charge is 0.553 e. The normalized spacial score (nSPS) is 10.5. The Labute approximate surface area is 236 Å². The maximum absolute atomic E-state index is 10.5. The topological polar surface area (TPSA) is 217 Å². The van der Waals surface area contributed by atoms with E-state index in [0.29, 0.717) is 0 Å². The zero-order chi connectivity index (χ0) is 31.6. The SMILES string of the molecule is [C-]#[N+]CC(=O)OCC(O)CO[CH2-].[CH2-]OCC(O)COC(=O)CC#N.[CH2-]OCC(O)CO[CH2-].[CH2-]OCC(O)CO[CH2-].[Rf].[Rf].[Rf]. The van der Waals surface area contributed by atoms with E-state index in [9.17, 15) is 9.59 Å². The Bertz CT molecular complexity index is 592. The zero-order valence-electron chi connectivity index (χ0n) is 24.5. The summed E-state index contributed by atoms with van der Waals surface area (Å²) >= 11 is 0. The molecule has 0 rings (SSSR count). The maximum atomic E-state index is 10.5. The fraction of sp³-hybridized carbons (Fsp3) is 0.583. The van der Waals surface area contributed by atoms with E-state index in [1.54, 1.807) is 6.07 Å². The predicted molar refractivity (Wildman–Crippen MR) is 135 cm³/mol. The molecule has 0 aromatic rings. The Morgan fingerprint density at radius 2 is 0.860 bits per heavy atom. The molecule has 0 aromatic heterocycles. The molecular weight excluding hydrogens is 1340 g/mol. The molecule has 0 spiro atoms. The van der Waals surface area contributed by atoms with Gasteiger partial charge in [-0.2, -0.15) is 5.26 Å². The zero-order valence-corrected chi connectivity index (χ0v) is 43.7. The van der Waals surface area contributed by atoms with E-state index in [1.165, 1.54) is 0 Å². The van der Waals surface area contributed by atoms with Gasteiger partial charge in [0.05, 0.1) is 18.3 Å². The van der Waals surface area contributed by atoms with E-state index in [2.05, 4.69) is 85.4 Å². The van der Waals surface area contributed by atoms with Crippen LogP contribution in [0.1, 0.15) is 6.42 Å². The summed E-state index contributed by atoms with van der Waals surface area (Å²) in [5.74, 6) is -1.30. The molecule has 2 unspecified atom stereocenters. The second kappa shape index (κ2) is 43.6. The fourth-order valence-corrected chi connectivity index (χ4v) is 1.61. The standard InChI is InChI=1S/2C7H10NO4.2C5H10O3.3Rf/c1-8-3-7(10)12-5-6(9)4-11-2;1-11-4-6(9)5-12-7(10)2-3-8;2*1-7-3-5(6)4-8-2;;;/h6,9H,2-5H2;6,9H,1-2,4-5H2;2*5-6H,1-4H2;;;/q2*-1;2*-2;;;. The van der Waals surface area contributed by atoms with Crippen LogP contribution < -0.4 is 0 Å². The number of esters is 2. The molecule has 0 saturated heterocycles. The summed E-state index contributed by atoms with van der Waals surface area (Å²) in [6.07, 6.45) is -3.28. The molecule has 4 N–H and O–H groups in total. The molecule has 0 aromatic carbocycles. The molecule has 19 heteroatoms. The fourth-order valence-electron chi connectivity index (χ4n) is 1.61. The minimum absolute atomic E-state index is 0. The van der Waals surface area contributed by atoms with Crippen LogP contribution in [0.15, 0.2) is 0 Å². The van der Waals surface area contributed by atoms with Crippen molar-refractivity contribution in [3.05, 3.63) is 54.1 Å². The molecule has 43 heavy (non-hydrogen) atoms. The number of nitrogens with zero attached hydrogens (tertiary/aromatic N) is 2. The van der Waals surface area contributed by atoms with Crippen LogP contribution in [-0.4, -0.2) is 116 Å². The monoisotopic (exact) mass is 1380 g/mol. The molecule has 0 radical (unpaired) electrons. The number of carbonyl (C=O) groups is 2. The molecule has 0 amide bonds. The van der Waals surface area contributed by atoms with Gasteiger partial charge in [-0.15, -0.1) is 0 Å². The van der Waals surface area contributed by atoms with Crippen LogP contribution in [0.25, 0.3) is 4.85 Å². The van der Waals surface area contributed by atoms with Crippen LogP contribution in [0, 0.1) is 60.6 Å². The van der Waals surface area contributed by atoms with Crippen LogP contribution in [0.3, 0.4) is 0 Å². The van der Waals surface area contributed by atoms with Gasteiger partial charge in [0.15, 0.2) is 0 Å². The van der Waals surface area contributed by atoms with Gasteiger partial charge in [-0.1, -0.05) is 0 Å². The van der Waals surface area contributed by atoms with E-state index in [-0.39, 0.29) is 65.8 Å². The molecule has 0 aliphatic heterocycles. The Balaban J connectivity index is -0.0000000799. The molecular formula is C24H40N2O14Rf3-6. The summed E-state index contributed by atoms with van der Waals surface area (Å²) in [7, 11) is 18.4. The van der Waals surface area contributed by atoms with Gasteiger partial charge < -0.3 is 63.2 Å². The molecule has 0 heterocycles. The Morgan fingerprint density at radius 3 is 1.09 bits per heavy atom. The van der Waals surface area contributed by atoms with Crippen LogP contribution in [0.2, 0.25) is 0 Å². The van der Waals surface area contributed by atoms with Gasteiger partial charge in [0.1, 0.15) is 31.8 Å². The Morgan fingerprint density at radius 1 is 0.605 bits per heavy atom. The van der Waals surface area contributed by atoms with Crippen molar-refractivity contribution in [2.24, 2.45) is 0 Å². The van der Waals surface area contributed by atoms with Crippen molar-refractivity contribution >= 4 is 11.9 Å². The second-order valence-corrected chi connectivity index (χ2v) is 6.86. The number of rotatable bonds is 18. The number of aliphatic hydroxyl groups excluding tert-OH is 4. The van der Waals surface area contributed by atoms with E-state index in [1.807, 2.05) is 0 Å². The number of hydrogen-bond donors (Lipinski definition) is 4. The first-order valence-electron chi connectivity index (χ1n) is 11.0. The van der Waals surface area contributed by atoms with Gasteiger partial charge in [0.25, 0.3) is 0 Å². The molecule has 242 valence electrons. The van der Waals surface area contributed by atoms with Gasteiger partial charge in [-0.3, -0.25) is 4.79 Å². The van der Waals surface area contributed by atoms with E-state index < -0.39 is 36.4 Å². The van der Waals surface area contributed by atoms with Crippen molar-refractivity contribution in [1.82, 2.24) is 0 Å². The third-order valence-corrected chi connectivity index (χ3v) is 3.17. The minimum atomic E-state index is -0.884. The third kappa shape index (κ3) is 53.5. The summed E-state index contributed by atoms with van der Waals surface area (Å²) < 4.78 is 35.0. The molecule has 0 fully saturated rings. The smallest absolute Gasteiger partial charge is 0.387 e. The molecule has 0 bridgehead atoms. The average molecular weight is 1380 g/mol. The number of aliphatic hydroxyl groups is 4. The van der Waals surface area contributed by atoms with Crippen LogP contribution in [-0.2, 0) is 47.5 Å². The first-order valence-corrected chi connectivity index (χ1v) is 11.0. The number of ether oxygens (including phenoxy) is 8. The van der Waals surface area contributed by atoms with Gasteiger partial charge >= 0.3 is 18.5 Å². The first-order chi connectivity index (χ1) is 19.0. The minimum Gasteiger partial charge on any atom is -0.553 e. The van der Waals surface area contributed by atoms with Gasteiger partial charge in [-0.25, -0.2) is 54.0 Å². The third-order valence-electron chi connectivity index (χ3n) is 3.17. The second-order valence-electron chi connectivity index (χ2n) is 6.86. The number of nitriles is 1. The van der Waals surface area contributed by atoms with Gasteiger partial charge in [-0.05, 0) is 0 Å².